The molecule has 23 heavy (non-hydrogen) atoms. The zero-order valence-electron chi connectivity index (χ0n) is 13.1. The van der Waals surface area contributed by atoms with E-state index in [1.54, 1.807) is 0 Å². The topological polar surface area (TPSA) is 44.4 Å². The van der Waals surface area contributed by atoms with Crippen molar-refractivity contribution in [2.75, 3.05) is 28.6 Å². The van der Waals surface area contributed by atoms with E-state index in [2.05, 4.69) is 33.7 Å². The Bertz CT molecular complexity index is 680. The minimum atomic E-state index is -0.189. The number of amides is 1. The molecule has 2 aromatic carbocycles. The van der Waals surface area contributed by atoms with E-state index in [0.717, 1.165) is 30.9 Å². The summed E-state index contributed by atoms with van der Waals surface area (Å²) in [6.07, 6.45) is 3.28. The highest BCUT2D eigenvalue weighted by Gasteiger charge is 2.26. The second kappa shape index (κ2) is 5.95. The van der Waals surface area contributed by atoms with Gasteiger partial charge in [-0.1, -0.05) is 18.2 Å². The van der Waals surface area contributed by atoms with Crippen LogP contribution in [0.2, 0.25) is 0 Å². The van der Waals surface area contributed by atoms with Gasteiger partial charge < -0.3 is 15.5 Å². The van der Waals surface area contributed by atoms with E-state index in [-0.39, 0.29) is 11.9 Å². The summed E-state index contributed by atoms with van der Waals surface area (Å²) in [4.78, 5) is 14.8. The fraction of sp³-hybridized carbons (Fsp3) is 0.316. The molecule has 2 aromatic rings. The molecule has 2 aliphatic heterocycles. The Kier molecular flexibility index (Phi) is 3.66. The first-order valence-corrected chi connectivity index (χ1v) is 8.30. The molecule has 2 heterocycles. The van der Waals surface area contributed by atoms with Gasteiger partial charge in [0.15, 0.2) is 0 Å². The van der Waals surface area contributed by atoms with Gasteiger partial charge in [-0.3, -0.25) is 4.79 Å². The molecule has 4 nitrogen and oxygen atoms in total. The van der Waals surface area contributed by atoms with Crippen molar-refractivity contribution in [2.45, 2.75) is 25.3 Å². The molecular formula is C19H21N3O. The van der Waals surface area contributed by atoms with E-state index < -0.39 is 0 Å². The van der Waals surface area contributed by atoms with Crippen LogP contribution in [0.4, 0.5) is 17.1 Å². The lowest BCUT2D eigenvalue weighted by Crippen LogP contribution is -2.32. The minimum absolute atomic E-state index is 0.0233. The SMILES string of the molecule is O=C(Nc1ccc(N2CCCC2)cc1)C1Cc2ccccc2N1. The molecule has 2 aliphatic rings. The molecule has 0 radical (unpaired) electrons. The third-order valence-electron chi connectivity index (χ3n) is 4.69. The summed E-state index contributed by atoms with van der Waals surface area (Å²) in [6, 6.07) is 16.1. The van der Waals surface area contributed by atoms with Crippen LogP contribution in [0.15, 0.2) is 48.5 Å². The number of carbonyl (C=O) groups excluding carboxylic acids is 1. The van der Waals surface area contributed by atoms with Crippen LogP contribution in [0.5, 0.6) is 0 Å². The van der Waals surface area contributed by atoms with Crippen LogP contribution >= 0.6 is 0 Å². The van der Waals surface area contributed by atoms with Gasteiger partial charge in [-0.2, -0.15) is 0 Å². The minimum Gasteiger partial charge on any atom is -0.373 e. The van der Waals surface area contributed by atoms with Gasteiger partial charge in [0, 0.05) is 36.6 Å². The lowest BCUT2D eigenvalue weighted by atomic mass is 10.1. The molecule has 4 rings (SSSR count). The number of hydrogen-bond donors (Lipinski definition) is 2. The highest BCUT2D eigenvalue weighted by Crippen LogP contribution is 2.26. The molecular weight excluding hydrogens is 286 g/mol. The Labute approximate surface area is 136 Å². The van der Waals surface area contributed by atoms with Crippen LogP contribution in [0.3, 0.4) is 0 Å². The van der Waals surface area contributed by atoms with Crippen molar-refractivity contribution in [1.82, 2.24) is 0 Å². The average Bonchev–Trinajstić information content (AvgIpc) is 3.25. The number of benzene rings is 2. The second-order valence-electron chi connectivity index (χ2n) is 6.29. The number of fused-ring (bicyclic) bond motifs is 1. The summed E-state index contributed by atoms with van der Waals surface area (Å²) in [6.45, 7) is 2.27. The van der Waals surface area contributed by atoms with Gasteiger partial charge in [0.25, 0.3) is 0 Å². The molecule has 4 heteroatoms. The molecule has 0 bridgehead atoms. The number of nitrogens with zero attached hydrogens (tertiary/aromatic N) is 1. The first-order valence-electron chi connectivity index (χ1n) is 8.30. The molecule has 1 unspecified atom stereocenters. The maximum atomic E-state index is 12.4. The van der Waals surface area contributed by atoms with E-state index in [1.807, 2.05) is 30.3 Å². The monoisotopic (exact) mass is 307 g/mol. The van der Waals surface area contributed by atoms with Crippen molar-refractivity contribution >= 4 is 23.0 Å². The summed E-state index contributed by atoms with van der Waals surface area (Å²) in [7, 11) is 0. The Balaban J connectivity index is 1.39. The van der Waals surface area contributed by atoms with Gasteiger partial charge in [0.1, 0.15) is 6.04 Å². The van der Waals surface area contributed by atoms with Crippen molar-refractivity contribution in [3.05, 3.63) is 54.1 Å². The Hall–Kier alpha value is -2.49. The Morgan fingerprint density at radius 2 is 1.78 bits per heavy atom. The van der Waals surface area contributed by atoms with Crippen molar-refractivity contribution in [2.24, 2.45) is 0 Å². The normalized spacial score (nSPS) is 19.3. The van der Waals surface area contributed by atoms with Crippen molar-refractivity contribution in [3.63, 3.8) is 0 Å². The number of nitrogens with one attached hydrogen (secondary N) is 2. The van der Waals surface area contributed by atoms with Crippen LogP contribution < -0.4 is 15.5 Å². The van der Waals surface area contributed by atoms with E-state index in [1.165, 1.54) is 24.1 Å². The number of anilines is 3. The molecule has 118 valence electrons. The van der Waals surface area contributed by atoms with Gasteiger partial charge in [-0.15, -0.1) is 0 Å². The van der Waals surface area contributed by atoms with Gasteiger partial charge >= 0.3 is 0 Å². The quantitative estimate of drug-likeness (QED) is 0.915. The van der Waals surface area contributed by atoms with E-state index in [0.29, 0.717) is 0 Å². The standard InChI is InChI=1S/C19H21N3O/c23-19(18-13-14-5-1-2-6-17(14)21-18)20-15-7-9-16(10-8-15)22-11-3-4-12-22/h1-2,5-10,18,21H,3-4,11-13H2,(H,20,23). The predicted molar refractivity (Wildman–Crippen MR) is 94.1 cm³/mol. The summed E-state index contributed by atoms with van der Waals surface area (Å²) in [5, 5.41) is 6.31. The Morgan fingerprint density at radius 3 is 2.52 bits per heavy atom. The molecule has 0 aliphatic carbocycles. The first kappa shape index (κ1) is 14.1. The Morgan fingerprint density at radius 1 is 1.04 bits per heavy atom. The van der Waals surface area contributed by atoms with E-state index in [9.17, 15) is 4.79 Å². The van der Waals surface area contributed by atoms with Gasteiger partial charge in [-0.05, 0) is 48.7 Å². The maximum absolute atomic E-state index is 12.4. The summed E-state index contributed by atoms with van der Waals surface area (Å²) >= 11 is 0. The fourth-order valence-corrected chi connectivity index (χ4v) is 3.42. The third-order valence-corrected chi connectivity index (χ3v) is 4.69. The van der Waals surface area contributed by atoms with Crippen LogP contribution in [0.25, 0.3) is 0 Å². The molecule has 1 fully saturated rings. The van der Waals surface area contributed by atoms with Gasteiger partial charge in [0.2, 0.25) is 5.91 Å². The van der Waals surface area contributed by atoms with Crippen molar-refractivity contribution in [3.8, 4) is 0 Å². The van der Waals surface area contributed by atoms with Crippen molar-refractivity contribution < 1.29 is 4.79 Å². The number of hydrogen-bond acceptors (Lipinski definition) is 3. The molecule has 1 amide bonds. The number of rotatable bonds is 3. The third kappa shape index (κ3) is 2.89. The molecule has 0 saturated carbocycles. The largest absolute Gasteiger partial charge is 0.373 e. The zero-order valence-corrected chi connectivity index (χ0v) is 13.1. The van der Waals surface area contributed by atoms with E-state index >= 15 is 0 Å². The van der Waals surface area contributed by atoms with Gasteiger partial charge in [0.05, 0.1) is 0 Å². The lowest BCUT2D eigenvalue weighted by Gasteiger charge is -2.18. The molecule has 2 N–H and O–H groups in total. The van der Waals surface area contributed by atoms with Crippen LogP contribution in [0.1, 0.15) is 18.4 Å². The maximum Gasteiger partial charge on any atom is 0.247 e. The second-order valence-corrected chi connectivity index (χ2v) is 6.29. The molecule has 0 spiro atoms. The summed E-state index contributed by atoms with van der Waals surface area (Å²) in [5.74, 6) is 0.0233. The van der Waals surface area contributed by atoms with Gasteiger partial charge in [-0.25, -0.2) is 0 Å². The van der Waals surface area contributed by atoms with E-state index in [4.69, 9.17) is 0 Å². The summed E-state index contributed by atoms with van der Waals surface area (Å²) < 4.78 is 0. The highest BCUT2D eigenvalue weighted by atomic mass is 16.2. The first-order chi connectivity index (χ1) is 11.3. The smallest absolute Gasteiger partial charge is 0.247 e. The van der Waals surface area contributed by atoms with Crippen LogP contribution in [-0.4, -0.2) is 25.0 Å². The molecule has 1 atom stereocenters. The summed E-state index contributed by atoms with van der Waals surface area (Å²) in [5.41, 5.74) is 4.37. The predicted octanol–water partition coefficient (Wildman–Crippen LogP) is 3.26. The van der Waals surface area contributed by atoms with Crippen LogP contribution in [0, 0.1) is 0 Å². The lowest BCUT2D eigenvalue weighted by molar-refractivity contribution is -0.116. The number of para-hydroxylation sites is 1. The highest BCUT2D eigenvalue weighted by molar-refractivity contribution is 5.98. The van der Waals surface area contributed by atoms with Crippen molar-refractivity contribution in [1.29, 1.82) is 0 Å². The number of carbonyl (C=O) groups is 1. The zero-order chi connectivity index (χ0) is 15.6. The molecule has 0 aromatic heterocycles. The average molecular weight is 307 g/mol. The fourth-order valence-electron chi connectivity index (χ4n) is 3.42. The molecule has 1 saturated heterocycles. The van der Waals surface area contributed by atoms with Crippen LogP contribution in [-0.2, 0) is 11.2 Å².